The maximum absolute atomic E-state index is 11.0. The van der Waals surface area contributed by atoms with Crippen molar-refractivity contribution in [1.82, 2.24) is 4.98 Å². The number of aromatic amines is 1. The van der Waals surface area contributed by atoms with Crippen LogP contribution in [0.4, 0.5) is 0 Å². The summed E-state index contributed by atoms with van der Waals surface area (Å²) in [6.07, 6.45) is 0.884. The monoisotopic (exact) mass is 259 g/mol. The van der Waals surface area contributed by atoms with Crippen LogP contribution in [0.15, 0.2) is 24.3 Å². The lowest BCUT2D eigenvalue weighted by molar-refractivity contribution is -0.154. The second-order valence-electron chi connectivity index (χ2n) is 5.13. The Labute approximate surface area is 111 Å². The van der Waals surface area contributed by atoms with E-state index in [2.05, 4.69) is 17.1 Å². The molecule has 4 nitrogen and oxygen atoms in total. The third-order valence-corrected chi connectivity index (χ3v) is 3.67. The number of fused-ring (bicyclic) bond motifs is 3. The van der Waals surface area contributed by atoms with Gasteiger partial charge in [0.25, 0.3) is 0 Å². The summed E-state index contributed by atoms with van der Waals surface area (Å²) in [5.41, 5.74) is 2.82. The van der Waals surface area contributed by atoms with Crippen LogP contribution in [0.3, 0.4) is 0 Å². The van der Waals surface area contributed by atoms with Crippen molar-refractivity contribution >= 4 is 16.9 Å². The molecular weight excluding hydrogens is 242 g/mol. The van der Waals surface area contributed by atoms with E-state index in [1.165, 1.54) is 17.9 Å². The number of esters is 1. The lowest BCUT2D eigenvalue weighted by atomic mass is 9.93. The van der Waals surface area contributed by atoms with Gasteiger partial charge >= 0.3 is 5.97 Å². The summed E-state index contributed by atoms with van der Waals surface area (Å²) in [5.74, 6) is -0.284. The average molecular weight is 259 g/mol. The Hall–Kier alpha value is -1.81. The van der Waals surface area contributed by atoms with Crippen molar-refractivity contribution in [3.8, 4) is 0 Å². The van der Waals surface area contributed by atoms with E-state index in [0.29, 0.717) is 6.61 Å². The molecule has 0 saturated heterocycles. The van der Waals surface area contributed by atoms with Gasteiger partial charge < -0.3 is 14.5 Å². The number of H-pyrrole nitrogens is 1. The summed E-state index contributed by atoms with van der Waals surface area (Å²) < 4.78 is 11.0. The zero-order valence-electron chi connectivity index (χ0n) is 11.2. The number of hydrogen-bond donors (Lipinski definition) is 1. The maximum atomic E-state index is 11.0. The van der Waals surface area contributed by atoms with Gasteiger partial charge in [0.2, 0.25) is 0 Å². The van der Waals surface area contributed by atoms with Crippen molar-refractivity contribution < 1.29 is 14.3 Å². The van der Waals surface area contributed by atoms with Crippen LogP contribution in [-0.2, 0) is 26.3 Å². The maximum Gasteiger partial charge on any atom is 0.302 e. The van der Waals surface area contributed by atoms with Crippen molar-refractivity contribution in [2.45, 2.75) is 25.9 Å². The molecule has 0 saturated carbocycles. The van der Waals surface area contributed by atoms with Crippen LogP contribution in [0.1, 0.15) is 25.1 Å². The lowest BCUT2D eigenvalue weighted by Gasteiger charge is -2.33. The predicted octanol–water partition coefficient (Wildman–Crippen LogP) is 2.52. The van der Waals surface area contributed by atoms with Gasteiger partial charge in [-0.3, -0.25) is 4.79 Å². The van der Waals surface area contributed by atoms with Crippen molar-refractivity contribution in [3.63, 3.8) is 0 Å². The Bertz CT molecular complexity index is 631. The zero-order valence-corrected chi connectivity index (χ0v) is 11.2. The van der Waals surface area contributed by atoms with Crippen molar-refractivity contribution in [3.05, 3.63) is 35.5 Å². The Morgan fingerprint density at radius 2 is 2.26 bits per heavy atom. The van der Waals surface area contributed by atoms with Gasteiger partial charge in [-0.15, -0.1) is 0 Å². The van der Waals surface area contributed by atoms with E-state index in [1.54, 1.807) is 0 Å². The van der Waals surface area contributed by atoms with E-state index in [4.69, 9.17) is 9.47 Å². The Balaban J connectivity index is 2.06. The van der Waals surface area contributed by atoms with E-state index in [0.717, 1.165) is 17.6 Å². The highest BCUT2D eigenvalue weighted by atomic mass is 16.6. The molecule has 0 bridgehead atoms. The van der Waals surface area contributed by atoms with Gasteiger partial charge in [0, 0.05) is 17.8 Å². The molecule has 100 valence electrons. The second kappa shape index (κ2) is 4.38. The topological polar surface area (TPSA) is 51.3 Å². The molecule has 2 heterocycles. The van der Waals surface area contributed by atoms with Crippen molar-refractivity contribution in [2.75, 3.05) is 13.2 Å². The normalized spacial score (nSPS) is 22.2. The van der Waals surface area contributed by atoms with Gasteiger partial charge in [-0.05, 0) is 25.0 Å². The van der Waals surface area contributed by atoms with Gasteiger partial charge in [0.05, 0.1) is 12.3 Å². The molecule has 1 N–H and O–H groups in total. The number of para-hydroxylation sites is 1. The SMILES string of the molecule is CC(=O)OCC1(C)OCCc2c1[nH]c1ccccc21. The lowest BCUT2D eigenvalue weighted by Crippen LogP contribution is -2.37. The van der Waals surface area contributed by atoms with Crippen LogP contribution in [0, 0.1) is 0 Å². The molecule has 1 aliphatic rings. The van der Waals surface area contributed by atoms with E-state index in [-0.39, 0.29) is 12.6 Å². The number of benzene rings is 1. The molecule has 1 unspecified atom stereocenters. The molecular formula is C15H17NO3. The van der Waals surface area contributed by atoms with E-state index < -0.39 is 5.60 Å². The highest BCUT2D eigenvalue weighted by Gasteiger charge is 2.37. The van der Waals surface area contributed by atoms with E-state index in [9.17, 15) is 4.79 Å². The highest BCUT2D eigenvalue weighted by Crippen LogP contribution is 2.36. The van der Waals surface area contributed by atoms with Gasteiger partial charge in [0.1, 0.15) is 12.2 Å². The van der Waals surface area contributed by atoms with Crippen LogP contribution in [0.2, 0.25) is 0 Å². The first-order valence-electron chi connectivity index (χ1n) is 6.47. The van der Waals surface area contributed by atoms with Crippen LogP contribution in [-0.4, -0.2) is 24.2 Å². The Kier molecular flexibility index (Phi) is 2.82. The molecule has 4 heteroatoms. The second-order valence-corrected chi connectivity index (χ2v) is 5.13. The van der Waals surface area contributed by atoms with Gasteiger partial charge in [-0.2, -0.15) is 0 Å². The summed E-state index contributed by atoms with van der Waals surface area (Å²) in [7, 11) is 0. The number of carbonyl (C=O) groups is 1. The summed E-state index contributed by atoms with van der Waals surface area (Å²) in [6.45, 7) is 4.26. The molecule has 1 aliphatic heterocycles. The average Bonchev–Trinajstić information content (AvgIpc) is 2.78. The molecule has 1 aromatic heterocycles. The van der Waals surface area contributed by atoms with Crippen molar-refractivity contribution in [2.24, 2.45) is 0 Å². The molecule has 0 fully saturated rings. The minimum absolute atomic E-state index is 0.238. The largest absolute Gasteiger partial charge is 0.462 e. The molecule has 0 radical (unpaired) electrons. The fourth-order valence-electron chi connectivity index (χ4n) is 2.71. The van der Waals surface area contributed by atoms with Crippen LogP contribution >= 0.6 is 0 Å². The Morgan fingerprint density at radius 1 is 1.47 bits per heavy atom. The summed E-state index contributed by atoms with van der Waals surface area (Å²) in [6, 6.07) is 8.21. The molecule has 0 amide bonds. The van der Waals surface area contributed by atoms with E-state index in [1.807, 2.05) is 19.1 Å². The van der Waals surface area contributed by atoms with Gasteiger partial charge in [-0.1, -0.05) is 18.2 Å². The van der Waals surface area contributed by atoms with Crippen LogP contribution in [0.25, 0.3) is 10.9 Å². The third-order valence-electron chi connectivity index (χ3n) is 3.67. The number of aromatic nitrogens is 1. The predicted molar refractivity (Wildman–Crippen MR) is 71.9 cm³/mol. The molecule has 3 rings (SSSR count). The first kappa shape index (κ1) is 12.2. The Morgan fingerprint density at radius 3 is 3.05 bits per heavy atom. The smallest absolute Gasteiger partial charge is 0.302 e. The summed E-state index contributed by atoms with van der Waals surface area (Å²) in [4.78, 5) is 14.4. The minimum atomic E-state index is -0.585. The quantitative estimate of drug-likeness (QED) is 0.843. The minimum Gasteiger partial charge on any atom is -0.462 e. The number of nitrogens with one attached hydrogen (secondary N) is 1. The van der Waals surface area contributed by atoms with Crippen LogP contribution in [0.5, 0.6) is 0 Å². The van der Waals surface area contributed by atoms with E-state index >= 15 is 0 Å². The first-order chi connectivity index (χ1) is 9.10. The summed E-state index contributed by atoms with van der Waals surface area (Å²) in [5, 5.41) is 1.23. The van der Waals surface area contributed by atoms with Crippen molar-refractivity contribution in [1.29, 1.82) is 0 Å². The zero-order chi connectivity index (χ0) is 13.5. The molecule has 1 atom stereocenters. The van der Waals surface area contributed by atoms with Crippen LogP contribution < -0.4 is 0 Å². The van der Waals surface area contributed by atoms with Gasteiger partial charge in [0.15, 0.2) is 0 Å². The third kappa shape index (κ3) is 2.02. The molecule has 2 aromatic rings. The number of hydrogen-bond acceptors (Lipinski definition) is 3. The highest BCUT2D eigenvalue weighted by molar-refractivity contribution is 5.85. The number of ether oxygens (including phenoxy) is 2. The fraction of sp³-hybridized carbons (Fsp3) is 0.400. The standard InChI is InChI=1S/C15H17NO3/c1-10(17)18-9-15(2)14-12(7-8-19-15)11-5-3-4-6-13(11)16-14/h3-6,16H,7-9H2,1-2H3. The number of carbonyl (C=O) groups excluding carboxylic acids is 1. The molecule has 1 aromatic carbocycles. The molecule has 19 heavy (non-hydrogen) atoms. The van der Waals surface area contributed by atoms with Gasteiger partial charge in [-0.25, -0.2) is 0 Å². The molecule has 0 spiro atoms. The summed E-state index contributed by atoms with van der Waals surface area (Å²) >= 11 is 0. The fourth-order valence-corrected chi connectivity index (χ4v) is 2.71. The number of rotatable bonds is 2. The first-order valence-corrected chi connectivity index (χ1v) is 6.47. The molecule has 0 aliphatic carbocycles.